The Bertz CT molecular complexity index is 1310. The number of rotatable bonds is 6. The summed E-state index contributed by atoms with van der Waals surface area (Å²) in [6.45, 7) is 6.96. The van der Waals surface area contributed by atoms with E-state index in [0.29, 0.717) is 33.4 Å². The molecule has 0 bridgehead atoms. The van der Waals surface area contributed by atoms with Gasteiger partial charge in [-0.05, 0) is 44.2 Å². The largest absolute Gasteiger partial charge is 0.330 e. The first-order chi connectivity index (χ1) is 14.3. The van der Waals surface area contributed by atoms with E-state index in [1.165, 1.54) is 13.0 Å². The molecular formula is C21H18Cl2N4O3. The Morgan fingerprint density at radius 1 is 1.27 bits per heavy atom. The van der Waals surface area contributed by atoms with Gasteiger partial charge in [0.25, 0.3) is 5.56 Å². The fraction of sp³-hybridized carbons (Fsp3) is 0.143. The highest BCUT2D eigenvalue weighted by Gasteiger charge is 2.23. The van der Waals surface area contributed by atoms with E-state index in [1.54, 1.807) is 41.0 Å². The van der Waals surface area contributed by atoms with Crippen molar-refractivity contribution in [3.63, 3.8) is 0 Å². The number of benzene rings is 1. The lowest BCUT2D eigenvalue weighted by atomic mass is 10.2. The van der Waals surface area contributed by atoms with E-state index in [0.717, 1.165) is 4.57 Å². The minimum absolute atomic E-state index is 0.0693. The summed E-state index contributed by atoms with van der Waals surface area (Å²) < 4.78 is 2.42. The molecule has 1 atom stereocenters. The maximum Gasteiger partial charge on any atom is 0.330 e. The second kappa shape index (κ2) is 8.69. The van der Waals surface area contributed by atoms with Crippen molar-refractivity contribution in [2.24, 2.45) is 0 Å². The topological polar surface area (TPSA) is 89.8 Å². The van der Waals surface area contributed by atoms with Gasteiger partial charge < -0.3 is 4.79 Å². The molecule has 0 radical (unpaired) electrons. The molecule has 1 N–H and O–H groups in total. The average Bonchev–Trinajstić information content (AvgIpc) is 3.10. The zero-order valence-corrected chi connectivity index (χ0v) is 17.7. The monoisotopic (exact) mass is 444 g/mol. The molecule has 0 spiro atoms. The van der Waals surface area contributed by atoms with E-state index in [9.17, 15) is 14.4 Å². The predicted molar refractivity (Wildman–Crippen MR) is 120 cm³/mol. The van der Waals surface area contributed by atoms with Gasteiger partial charge in [0.2, 0.25) is 0 Å². The highest BCUT2D eigenvalue weighted by Crippen LogP contribution is 2.28. The average molecular weight is 445 g/mol. The fourth-order valence-corrected chi connectivity index (χ4v) is 3.34. The second-order valence-electron chi connectivity index (χ2n) is 6.39. The van der Waals surface area contributed by atoms with E-state index in [4.69, 9.17) is 23.2 Å². The summed E-state index contributed by atoms with van der Waals surface area (Å²) in [4.78, 5) is 44.0. The molecule has 2 heterocycles. The van der Waals surface area contributed by atoms with Crippen molar-refractivity contribution >= 4 is 46.2 Å². The first-order valence-electron chi connectivity index (χ1n) is 8.97. The van der Waals surface area contributed by atoms with Crippen molar-refractivity contribution < 1.29 is 4.79 Å². The molecule has 0 aliphatic carbocycles. The molecule has 1 unspecified atom stereocenters. The Hall–Kier alpha value is -3.16. The molecule has 9 heteroatoms. The summed E-state index contributed by atoms with van der Waals surface area (Å²) in [6.07, 6.45) is 5.47. The van der Waals surface area contributed by atoms with Crippen molar-refractivity contribution in [1.29, 1.82) is 0 Å². The van der Waals surface area contributed by atoms with Gasteiger partial charge in [0.1, 0.15) is 12.1 Å². The number of aromatic nitrogens is 4. The molecular weight excluding hydrogens is 427 g/mol. The Balaban J connectivity index is 2.56. The van der Waals surface area contributed by atoms with Crippen molar-refractivity contribution in [3.8, 4) is 5.69 Å². The molecule has 3 aromatic rings. The van der Waals surface area contributed by atoms with Crippen molar-refractivity contribution in [3.05, 3.63) is 85.8 Å². The zero-order chi connectivity index (χ0) is 22.0. The molecule has 1 aromatic carbocycles. The van der Waals surface area contributed by atoms with Gasteiger partial charge in [0, 0.05) is 16.3 Å². The molecule has 0 saturated carbocycles. The minimum Gasteiger partial charge on any atom is -0.301 e. The van der Waals surface area contributed by atoms with Crippen LogP contribution in [0.5, 0.6) is 0 Å². The number of carbonyl (C=O) groups excluding carboxylic acids is 1. The Labute approximate surface area is 181 Å². The maximum atomic E-state index is 13.3. The SMILES string of the molecule is C=C/C(Cl)=C(\C=C/C)c1nc2[nH]c(=O)n(C(C)C=O)c(=O)c2n1-c1ccc(Cl)cc1. The number of allylic oxidation sites excluding steroid dienone is 5. The summed E-state index contributed by atoms with van der Waals surface area (Å²) in [5.74, 6) is 0.319. The summed E-state index contributed by atoms with van der Waals surface area (Å²) in [5, 5.41) is 0.820. The van der Waals surface area contributed by atoms with E-state index in [-0.39, 0.29) is 11.2 Å². The Kier molecular flexibility index (Phi) is 6.24. The summed E-state index contributed by atoms with van der Waals surface area (Å²) in [7, 11) is 0. The Morgan fingerprint density at radius 3 is 2.50 bits per heavy atom. The zero-order valence-electron chi connectivity index (χ0n) is 16.2. The summed E-state index contributed by atoms with van der Waals surface area (Å²) in [5.41, 5.74) is -0.157. The standard InChI is InChI=1S/C21H18Cl2N4O3/c1-4-6-15(16(23)5-2)19-24-18-17(27(19)14-9-7-13(22)8-10-14)20(29)26(12(3)11-28)21(30)25-18/h4-12H,2H2,1,3H3,(H,25,30)/b6-4-,16-15-. The second-order valence-corrected chi connectivity index (χ2v) is 7.24. The van der Waals surface area contributed by atoms with Crippen LogP contribution in [-0.2, 0) is 4.79 Å². The highest BCUT2D eigenvalue weighted by atomic mass is 35.5. The van der Waals surface area contributed by atoms with Crippen LogP contribution in [0.1, 0.15) is 25.7 Å². The smallest absolute Gasteiger partial charge is 0.301 e. The van der Waals surface area contributed by atoms with Crippen LogP contribution >= 0.6 is 23.2 Å². The van der Waals surface area contributed by atoms with Gasteiger partial charge >= 0.3 is 5.69 Å². The number of aldehydes is 1. The number of carbonyl (C=O) groups is 1. The molecule has 0 saturated heterocycles. The number of H-pyrrole nitrogens is 1. The van der Waals surface area contributed by atoms with Crippen LogP contribution in [0.15, 0.2) is 63.7 Å². The van der Waals surface area contributed by atoms with Gasteiger partial charge in [-0.1, -0.05) is 41.9 Å². The van der Waals surface area contributed by atoms with Crippen LogP contribution < -0.4 is 11.2 Å². The molecule has 0 aliphatic rings. The number of aromatic amines is 1. The quantitative estimate of drug-likeness (QED) is 0.459. The number of nitrogens with one attached hydrogen (secondary N) is 1. The van der Waals surface area contributed by atoms with Gasteiger partial charge in [0.15, 0.2) is 11.2 Å². The number of fused-ring (bicyclic) bond motifs is 1. The van der Waals surface area contributed by atoms with Crippen molar-refractivity contribution in [1.82, 2.24) is 19.1 Å². The lowest BCUT2D eigenvalue weighted by Crippen LogP contribution is -2.38. The van der Waals surface area contributed by atoms with Crippen LogP contribution in [0.25, 0.3) is 22.4 Å². The van der Waals surface area contributed by atoms with Gasteiger partial charge in [-0.2, -0.15) is 0 Å². The predicted octanol–water partition coefficient (Wildman–Crippen LogP) is 4.00. The van der Waals surface area contributed by atoms with E-state index in [1.807, 2.05) is 6.92 Å². The minimum atomic E-state index is -0.954. The molecule has 0 aliphatic heterocycles. The number of hydrogen-bond donors (Lipinski definition) is 1. The molecule has 0 amide bonds. The molecule has 154 valence electrons. The number of hydrogen-bond acceptors (Lipinski definition) is 4. The Morgan fingerprint density at radius 2 is 1.93 bits per heavy atom. The number of halogens is 2. The van der Waals surface area contributed by atoms with Crippen LogP contribution in [-0.4, -0.2) is 25.4 Å². The van der Waals surface area contributed by atoms with Crippen LogP contribution in [0.3, 0.4) is 0 Å². The highest BCUT2D eigenvalue weighted by molar-refractivity contribution is 6.34. The molecule has 0 fully saturated rings. The lowest BCUT2D eigenvalue weighted by Gasteiger charge is -2.12. The molecule has 30 heavy (non-hydrogen) atoms. The van der Waals surface area contributed by atoms with E-state index < -0.39 is 17.3 Å². The lowest BCUT2D eigenvalue weighted by molar-refractivity contribution is -0.110. The number of nitrogens with zero attached hydrogens (tertiary/aromatic N) is 3. The third-order valence-electron chi connectivity index (χ3n) is 4.44. The van der Waals surface area contributed by atoms with Gasteiger partial charge in [-0.3, -0.25) is 14.3 Å². The fourth-order valence-electron chi connectivity index (χ4n) is 3.06. The molecule has 3 rings (SSSR count). The normalized spacial score (nSPS) is 13.5. The van der Waals surface area contributed by atoms with Gasteiger partial charge in [0.05, 0.1) is 11.1 Å². The van der Waals surface area contributed by atoms with Crippen LogP contribution in [0.2, 0.25) is 5.02 Å². The van der Waals surface area contributed by atoms with Crippen LogP contribution in [0.4, 0.5) is 0 Å². The van der Waals surface area contributed by atoms with E-state index in [2.05, 4.69) is 16.5 Å². The summed E-state index contributed by atoms with van der Waals surface area (Å²) in [6, 6.07) is 5.79. The van der Waals surface area contributed by atoms with E-state index >= 15 is 0 Å². The summed E-state index contributed by atoms with van der Waals surface area (Å²) >= 11 is 12.4. The van der Waals surface area contributed by atoms with Gasteiger partial charge in [-0.25, -0.2) is 14.3 Å². The molecule has 7 nitrogen and oxygen atoms in total. The van der Waals surface area contributed by atoms with Crippen LogP contribution in [0, 0.1) is 0 Å². The van der Waals surface area contributed by atoms with Gasteiger partial charge in [-0.15, -0.1) is 0 Å². The third-order valence-corrected chi connectivity index (χ3v) is 5.05. The first kappa shape index (κ1) is 21.5. The third kappa shape index (κ3) is 3.69. The van der Waals surface area contributed by atoms with Crippen molar-refractivity contribution in [2.75, 3.05) is 0 Å². The maximum absolute atomic E-state index is 13.3. The molecule has 2 aromatic heterocycles. The van der Waals surface area contributed by atoms with Crippen molar-refractivity contribution in [2.45, 2.75) is 19.9 Å². The first-order valence-corrected chi connectivity index (χ1v) is 9.73. The number of imidazole rings is 1.